The molecule has 0 aliphatic heterocycles. The Bertz CT molecular complexity index is 466. The van der Waals surface area contributed by atoms with E-state index in [4.69, 9.17) is 4.18 Å². The Balaban J connectivity index is 2.63. The summed E-state index contributed by atoms with van der Waals surface area (Å²) in [6, 6.07) is 6.67. The van der Waals surface area contributed by atoms with Gasteiger partial charge in [-0.2, -0.15) is 8.42 Å². The van der Waals surface area contributed by atoms with Crippen molar-refractivity contribution in [3.63, 3.8) is 0 Å². The van der Waals surface area contributed by atoms with Crippen LogP contribution in [0.15, 0.2) is 29.2 Å². The first-order chi connectivity index (χ1) is 8.31. The Labute approximate surface area is 118 Å². The van der Waals surface area contributed by atoms with Gasteiger partial charge in [0.15, 0.2) is 0 Å². The van der Waals surface area contributed by atoms with E-state index < -0.39 is 10.1 Å². The van der Waals surface area contributed by atoms with E-state index in [-0.39, 0.29) is 17.4 Å². The predicted octanol–water partition coefficient (Wildman–Crippen LogP) is 3.51. The summed E-state index contributed by atoms with van der Waals surface area (Å²) in [5.74, 6) is 0.194. The molecule has 0 N–H and O–H groups in total. The second-order valence-corrected chi connectivity index (χ2v) is 7.85. The van der Waals surface area contributed by atoms with Crippen LogP contribution in [0.3, 0.4) is 0 Å². The molecule has 2 atom stereocenters. The van der Waals surface area contributed by atoms with Crippen molar-refractivity contribution in [3.8, 4) is 0 Å². The van der Waals surface area contributed by atoms with E-state index in [1.807, 2.05) is 20.8 Å². The van der Waals surface area contributed by atoms with Crippen molar-refractivity contribution >= 4 is 26.0 Å². The highest BCUT2D eigenvalue weighted by Crippen LogP contribution is 2.17. The highest BCUT2D eigenvalue weighted by atomic mass is 79.9. The van der Waals surface area contributed by atoms with Gasteiger partial charge in [0.25, 0.3) is 10.1 Å². The van der Waals surface area contributed by atoms with Crippen molar-refractivity contribution in [1.29, 1.82) is 0 Å². The van der Waals surface area contributed by atoms with Gasteiger partial charge in [0.2, 0.25) is 0 Å². The summed E-state index contributed by atoms with van der Waals surface area (Å²) in [6.45, 7) is 6.14. The van der Waals surface area contributed by atoms with Gasteiger partial charge < -0.3 is 0 Å². The molecule has 5 heteroatoms. The minimum atomic E-state index is -3.62. The van der Waals surface area contributed by atoms with Crippen molar-refractivity contribution in [2.75, 3.05) is 6.61 Å². The molecule has 1 rings (SSSR count). The number of hydrogen-bond donors (Lipinski definition) is 0. The summed E-state index contributed by atoms with van der Waals surface area (Å²) in [5, 5.41) is 0. The third-order valence-electron chi connectivity index (χ3n) is 2.54. The largest absolute Gasteiger partial charge is 0.296 e. The minimum absolute atomic E-state index is 0.194. The van der Waals surface area contributed by atoms with Crippen LogP contribution in [0.5, 0.6) is 0 Å². The van der Waals surface area contributed by atoms with Gasteiger partial charge in [0, 0.05) is 4.83 Å². The zero-order valence-electron chi connectivity index (χ0n) is 10.9. The predicted molar refractivity (Wildman–Crippen MR) is 76.5 cm³/mol. The van der Waals surface area contributed by atoms with Crippen LogP contribution in [0.1, 0.15) is 25.8 Å². The molecule has 0 heterocycles. The average molecular weight is 335 g/mol. The Morgan fingerprint density at radius 3 is 2.28 bits per heavy atom. The second-order valence-electron chi connectivity index (χ2n) is 4.67. The molecule has 0 bridgehead atoms. The molecule has 0 saturated carbocycles. The Hall–Kier alpha value is -0.390. The smallest absolute Gasteiger partial charge is 0.266 e. The number of hydrogen-bond acceptors (Lipinski definition) is 3. The molecule has 0 radical (unpaired) electrons. The van der Waals surface area contributed by atoms with Crippen molar-refractivity contribution in [3.05, 3.63) is 29.8 Å². The Kier molecular flexibility index (Phi) is 5.82. The van der Waals surface area contributed by atoms with Crippen molar-refractivity contribution in [1.82, 2.24) is 0 Å². The molecule has 0 amide bonds. The van der Waals surface area contributed by atoms with E-state index in [1.165, 1.54) is 0 Å². The summed E-state index contributed by atoms with van der Waals surface area (Å²) in [5.41, 5.74) is 1.02. The van der Waals surface area contributed by atoms with Crippen molar-refractivity contribution < 1.29 is 12.6 Å². The lowest BCUT2D eigenvalue weighted by Crippen LogP contribution is -2.14. The molecule has 102 valence electrons. The molecule has 1 aromatic carbocycles. The zero-order valence-corrected chi connectivity index (χ0v) is 13.3. The summed E-state index contributed by atoms with van der Waals surface area (Å²) < 4.78 is 28.9. The van der Waals surface area contributed by atoms with Crippen molar-refractivity contribution in [2.45, 2.75) is 36.9 Å². The third-order valence-corrected chi connectivity index (χ3v) is 4.21. The lowest BCUT2D eigenvalue weighted by molar-refractivity contribution is 0.258. The summed E-state index contributed by atoms with van der Waals surface area (Å²) in [6.07, 6.45) is 0.878. The Morgan fingerprint density at radius 2 is 1.78 bits per heavy atom. The molecule has 0 saturated heterocycles. The van der Waals surface area contributed by atoms with Crippen LogP contribution in [0.4, 0.5) is 0 Å². The Morgan fingerprint density at radius 1 is 1.22 bits per heavy atom. The number of halogens is 1. The summed E-state index contributed by atoms with van der Waals surface area (Å²) in [7, 11) is -3.62. The number of benzene rings is 1. The van der Waals surface area contributed by atoms with Gasteiger partial charge >= 0.3 is 0 Å². The fraction of sp³-hybridized carbons (Fsp3) is 0.538. The minimum Gasteiger partial charge on any atom is -0.266 e. The molecule has 0 spiro atoms. The first-order valence-corrected chi connectivity index (χ1v) is 8.24. The highest BCUT2D eigenvalue weighted by molar-refractivity contribution is 9.09. The molecule has 0 aliphatic rings. The van der Waals surface area contributed by atoms with Gasteiger partial charge in [-0.15, -0.1) is 0 Å². The van der Waals surface area contributed by atoms with Gasteiger partial charge in [-0.05, 0) is 31.4 Å². The molecule has 3 nitrogen and oxygen atoms in total. The SMILES string of the molecule is Cc1ccc(S(=O)(=O)OC[C@H](C)C[C@H](C)Br)cc1. The highest BCUT2D eigenvalue weighted by Gasteiger charge is 2.17. The van der Waals surface area contributed by atoms with E-state index in [9.17, 15) is 8.42 Å². The van der Waals surface area contributed by atoms with Crippen LogP contribution in [0.2, 0.25) is 0 Å². The lowest BCUT2D eigenvalue weighted by atomic mass is 10.1. The van der Waals surface area contributed by atoms with Gasteiger partial charge in [-0.25, -0.2) is 0 Å². The second kappa shape index (κ2) is 6.68. The fourth-order valence-corrected chi connectivity index (χ4v) is 3.26. The van der Waals surface area contributed by atoms with Gasteiger partial charge in [0.05, 0.1) is 11.5 Å². The number of rotatable bonds is 6. The third kappa shape index (κ3) is 5.08. The zero-order chi connectivity index (χ0) is 13.8. The maximum Gasteiger partial charge on any atom is 0.296 e. The van der Waals surface area contributed by atoms with Crippen LogP contribution < -0.4 is 0 Å². The van der Waals surface area contributed by atoms with E-state index in [0.717, 1.165) is 12.0 Å². The lowest BCUT2D eigenvalue weighted by Gasteiger charge is -2.13. The number of aryl methyl sites for hydroxylation is 1. The normalized spacial score (nSPS) is 15.3. The molecule has 18 heavy (non-hydrogen) atoms. The molecule has 0 fully saturated rings. The van der Waals surface area contributed by atoms with Crippen LogP contribution in [0.25, 0.3) is 0 Å². The summed E-state index contributed by atoms with van der Waals surface area (Å²) >= 11 is 3.44. The number of alkyl halides is 1. The van der Waals surface area contributed by atoms with Gasteiger partial charge in [0.1, 0.15) is 0 Å². The topological polar surface area (TPSA) is 43.4 Å². The molecule has 1 aromatic rings. The van der Waals surface area contributed by atoms with E-state index in [2.05, 4.69) is 15.9 Å². The van der Waals surface area contributed by atoms with E-state index in [0.29, 0.717) is 4.83 Å². The van der Waals surface area contributed by atoms with Gasteiger partial charge in [-0.1, -0.05) is 47.5 Å². The fourth-order valence-electron chi connectivity index (χ4n) is 1.60. The standard InChI is InChI=1S/C13H19BrO3S/c1-10-4-6-13(7-5-10)18(15,16)17-9-11(2)8-12(3)14/h4-7,11-12H,8-9H2,1-3H3/t11-,12+/m1/s1. The quantitative estimate of drug-likeness (QED) is 0.590. The first-order valence-electron chi connectivity index (χ1n) is 5.91. The van der Waals surface area contributed by atoms with Crippen LogP contribution in [-0.2, 0) is 14.3 Å². The van der Waals surface area contributed by atoms with Crippen LogP contribution >= 0.6 is 15.9 Å². The summed E-state index contributed by atoms with van der Waals surface area (Å²) in [4.78, 5) is 0.574. The van der Waals surface area contributed by atoms with Crippen LogP contribution in [0, 0.1) is 12.8 Å². The molecular formula is C13H19BrO3S. The van der Waals surface area contributed by atoms with E-state index >= 15 is 0 Å². The molecule has 0 aromatic heterocycles. The monoisotopic (exact) mass is 334 g/mol. The van der Waals surface area contributed by atoms with Crippen LogP contribution in [-0.4, -0.2) is 19.9 Å². The van der Waals surface area contributed by atoms with Crippen molar-refractivity contribution in [2.24, 2.45) is 5.92 Å². The van der Waals surface area contributed by atoms with E-state index in [1.54, 1.807) is 24.3 Å². The molecule has 0 unspecified atom stereocenters. The maximum atomic E-state index is 11.9. The average Bonchev–Trinajstić information content (AvgIpc) is 2.26. The molecule has 0 aliphatic carbocycles. The van der Waals surface area contributed by atoms with Gasteiger partial charge in [-0.3, -0.25) is 4.18 Å². The first kappa shape index (κ1) is 15.7. The molecular weight excluding hydrogens is 316 g/mol. The maximum absolute atomic E-state index is 11.9.